The van der Waals surface area contributed by atoms with Gasteiger partial charge in [0, 0.05) is 0 Å². The second-order valence-corrected chi connectivity index (χ2v) is 8.11. The molecule has 4 aliphatic heterocycles. The van der Waals surface area contributed by atoms with Gasteiger partial charge in [-0.15, -0.1) is 12.4 Å². The van der Waals surface area contributed by atoms with Gasteiger partial charge in [-0.2, -0.15) is 0 Å². The molecule has 178 valence electrons. The predicted octanol–water partition coefficient (Wildman–Crippen LogP) is -1.81. The lowest BCUT2D eigenvalue weighted by molar-refractivity contribution is 0.0469. The minimum Gasteiger partial charge on any atom is -0.443 e. The van der Waals surface area contributed by atoms with E-state index in [9.17, 15) is 9.90 Å². The largest absolute Gasteiger partial charge is 0.443 e. The van der Waals surface area contributed by atoms with Crippen LogP contribution in [0.5, 0.6) is 0 Å². The molecule has 13 heteroatoms. The highest BCUT2D eigenvalue weighted by atomic mass is 35.5. The van der Waals surface area contributed by atoms with Crippen LogP contribution < -0.4 is 22.1 Å². The highest BCUT2D eigenvalue weighted by Gasteiger charge is 2.44. The maximum Gasteiger partial charge on any atom is 0.422 e. The number of nitrogens with two attached hydrogens (primary N) is 1. The van der Waals surface area contributed by atoms with Crippen molar-refractivity contribution < 1.29 is 38.7 Å². The maximum atomic E-state index is 11.2. The lowest BCUT2D eigenvalue weighted by Gasteiger charge is -2.21. The van der Waals surface area contributed by atoms with Crippen molar-refractivity contribution in [1.29, 1.82) is 0 Å². The van der Waals surface area contributed by atoms with E-state index in [1.165, 1.54) is 0 Å². The van der Waals surface area contributed by atoms with Crippen molar-refractivity contribution in [3.05, 3.63) is 0 Å². The van der Waals surface area contributed by atoms with Gasteiger partial charge in [0.05, 0.1) is 63.9 Å². The Hall–Kier alpha value is -0.800. The lowest BCUT2D eigenvalue weighted by Crippen LogP contribution is -2.50. The van der Waals surface area contributed by atoms with Gasteiger partial charge in [0.2, 0.25) is 0 Å². The van der Waals surface area contributed by atoms with Gasteiger partial charge in [-0.1, -0.05) is 0 Å². The maximum absolute atomic E-state index is 11.2. The second-order valence-electron chi connectivity index (χ2n) is 8.11. The first-order chi connectivity index (χ1) is 13.7. The molecular formula is C17H35ClN4O8. The van der Waals surface area contributed by atoms with E-state index in [-0.39, 0.29) is 31.1 Å². The van der Waals surface area contributed by atoms with Gasteiger partial charge >= 0.3 is 6.09 Å². The molecule has 0 spiro atoms. The zero-order valence-electron chi connectivity index (χ0n) is 17.5. The zero-order chi connectivity index (χ0) is 21.4. The van der Waals surface area contributed by atoms with E-state index in [2.05, 4.69) is 16.3 Å². The number of hydrogen-bond donors (Lipinski definition) is 6. The van der Waals surface area contributed by atoms with Crippen molar-refractivity contribution in [2.24, 2.45) is 5.84 Å². The number of nitrogens with one attached hydrogen (secondary N) is 3. The summed E-state index contributed by atoms with van der Waals surface area (Å²) in [4.78, 5) is 11.2. The van der Waals surface area contributed by atoms with Crippen LogP contribution in [0.15, 0.2) is 0 Å². The SMILES string of the molecule is C1OCC2OC12.CC(C)(C)OC(=O)NN[C@@H]1COC[C@H]1O.Cl.NN[C@@H]1COC[C@H]1O. The standard InChI is InChI=1S/C9H18N2O4.C4H10N2O2.C4H6O2.ClH/c1-9(2,3)15-8(13)11-10-6-4-14-5-7(6)12;5-6-3-1-8-2-4(3)7;1-3-4(6-3)2-5-1;/h6-7,10,12H,4-5H2,1-3H3,(H,11,13);3-4,6-7H,1-2,5H2;3-4H,1-2H2;1H/t6-,7-;3-,4-;;/m11../s1. The van der Waals surface area contributed by atoms with Crippen molar-refractivity contribution in [2.75, 3.05) is 39.6 Å². The molecule has 4 aliphatic rings. The van der Waals surface area contributed by atoms with Gasteiger partial charge in [0.25, 0.3) is 0 Å². The third kappa shape index (κ3) is 10.0. The van der Waals surface area contributed by atoms with E-state index in [1.54, 1.807) is 20.8 Å². The number of ether oxygens (including phenoxy) is 5. The monoisotopic (exact) mass is 458 g/mol. The molecule has 4 rings (SSSR count). The molecule has 0 aromatic rings. The summed E-state index contributed by atoms with van der Waals surface area (Å²) < 4.78 is 24.9. The lowest BCUT2D eigenvalue weighted by atomic mass is 10.2. The highest BCUT2D eigenvalue weighted by molar-refractivity contribution is 5.85. The van der Waals surface area contributed by atoms with Crippen LogP contribution in [0, 0.1) is 0 Å². The number of carbonyl (C=O) groups excluding carboxylic acids is 1. The van der Waals surface area contributed by atoms with Crippen LogP contribution in [0.4, 0.5) is 4.79 Å². The topological polar surface area (TPSA) is 169 Å². The predicted molar refractivity (Wildman–Crippen MR) is 108 cm³/mol. The van der Waals surface area contributed by atoms with Crippen molar-refractivity contribution in [1.82, 2.24) is 16.3 Å². The number of amides is 1. The van der Waals surface area contributed by atoms with Crippen LogP contribution in [-0.4, -0.2) is 98.0 Å². The van der Waals surface area contributed by atoms with Crippen LogP contribution in [0.1, 0.15) is 20.8 Å². The molecule has 6 atom stereocenters. The fourth-order valence-corrected chi connectivity index (χ4v) is 2.61. The molecule has 2 unspecified atom stereocenters. The third-order valence-corrected chi connectivity index (χ3v) is 4.33. The number of epoxide rings is 1. The number of aliphatic hydroxyl groups excluding tert-OH is 2. The van der Waals surface area contributed by atoms with Crippen LogP contribution in [0.3, 0.4) is 0 Å². The summed E-state index contributed by atoms with van der Waals surface area (Å²) in [7, 11) is 0. The molecule has 0 bridgehead atoms. The van der Waals surface area contributed by atoms with Gasteiger partial charge < -0.3 is 33.9 Å². The summed E-state index contributed by atoms with van der Waals surface area (Å²) in [6.45, 7) is 8.58. The fraction of sp³-hybridized carbons (Fsp3) is 0.941. The number of carbonyl (C=O) groups is 1. The molecule has 4 saturated heterocycles. The molecular weight excluding hydrogens is 424 g/mol. The minimum absolute atomic E-state index is 0. The van der Waals surface area contributed by atoms with Crippen LogP contribution in [0.2, 0.25) is 0 Å². The highest BCUT2D eigenvalue weighted by Crippen LogP contribution is 2.27. The molecule has 4 fully saturated rings. The molecule has 0 aromatic carbocycles. The van der Waals surface area contributed by atoms with Gasteiger partial charge in [-0.25, -0.2) is 10.2 Å². The van der Waals surface area contributed by atoms with Crippen molar-refractivity contribution in [3.63, 3.8) is 0 Å². The number of rotatable bonds is 3. The van der Waals surface area contributed by atoms with Crippen molar-refractivity contribution in [2.45, 2.75) is 62.9 Å². The first-order valence-corrected chi connectivity index (χ1v) is 9.65. The number of hydrogen-bond acceptors (Lipinski definition) is 11. The summed E-state index contributed by atoms with van der Waals surface area (Å²) in [6, 6.07) is -0.354. The molecule has 0 aromatic heterocycles. The van der Waals surface area contributed by atoms with Crippen LogP contribution in [-0.2, 0) is 23.7 Å². The Morgan fingerprint density at radius 1 is 0.933 bits per heavy atom. The normalized spacial score (nSPS) is 33.8. The Morgan fingerprint density at radius 2 is 1.43 bits per heavy atom. The van der Waals surface area contributed by atoms with Crippen LogP contribution >= 0.6 is 12.4 Å². The zero-order valence-corrected chi connectivity index (χ0v) is 18.4. The third-order valence-electron chi connectivity index (χ3n) is 4.33. The van der Waals surface area contributed by atoms with Gasteiger partial charge in [-0.3, -0.25) is 16.7 Å². The van der Waals surface area contributed by atoms with Gasteiger partial charge in [0.1, 0.15) is 17.8 Å². The molecule has 4 heterocycles. The molecule has 12 nitrogen and oxygen atoms in total. The van der Waals surface area contributed by atoms with Crippen molar-refractivity contribution >= 4 is 18.5 Å². The Morgan fingerprint density at radius 3 is 1.73 bits per heavy atom. The van der Waals surface area contributed by atoms with E-state index < -0.39 is 23.9 Å². The second kappa shape index (κ2) is 12.9. The summed E-state index contributed by atoms with van der Waals surface area (Å²) in [5, 5.41) is 18.3. The average Bonchev–Trinajstić information content (AvgIpc) is 3.00. The van der Waals surface area contributed by atoms with Crippen molar-refractivity contribution in [3.8, 4) is 0 Å². The molecule has 7 N–H and O–H groups in total. The summed E-state index contributed by atoms with van der Waals surface area (Å²) in [5.74, 6) is 5.03. The number of hydrazine groups is 2. The van der Waals surface area contributed by atoms with E-state index >= 15 is 0 Å². The van der Waals surface area contributed by atoms with Gasteiger partial charge in [0.15, 0.2) is 0 Å². The summed E-state index contributed by atoms with van der Waals surface area (Å²) >= 11 is 0. The van der Waals surface area contributed by atoms with E-state index in [0.717, 1.165) is 13.2 Å². The van der Waals surface area contributed by atoms with E-state index in [0.29, 0.717) is 32.0 Å². The first kappa shape index (κ1) is 27.2. The molecule has 1 amide bonds. The first-order valence-electron chi connectivity index (χ1n) is 9.65. The summed E-state index contributed by atoms with van der Waals surface area (Å²) in [5.41, 5.74) is 6.92. The Balaban J connectivity index is 0.000000248. The molecule has 0 aliphatic carbocycles. The summed E-state index contributed by atoms with van der Waals surface area (Å²) in [6.07, 6.45) is -0.614. The molecule has 0 saturated carbocycles. The van der Waals surface area contributed by atoms with E-state index in [1.807, 2.05) is 0 Å². The minimum atomic E-state index is -0.597. The smallest absolute Gasteiger partial charge is 0.422 e. The molecule has 30 heavy (non-hydrogen) atoms. The Labute approximate surface area is 182 Å². The van der Waals surface area contributed by atoms with E-state index in [4.69, 9.17) is 34.6 Å². The Bertz CT molecular complexity index is 505. The fourth-order valence-electron chi connectivity index (χ4n) is 2.61. The Kier molecular flexibility index (Phi) is 11.7. The number of aliphatic hydroxyl groups is 2. The van der Waals surface area contributed by atoms with Gasteiger partial charge in [-0.05, 0) is 20.8 Å². The quantitative estimate of drug-likeness (QED) is 0.160. The average molecular weight is 459 g/mol. The van der Waals surface area contributed by atoms with Crippen LogP contribution in [0.25, 0.3) is 0 Å². The number of halogens is 1. The molecule has 0 radical (unpaired) electrons. The number of fused-ring (bicyclic) bond motifs is 1.